The summed E-state index contributed by atoms with van der Waals surface area (Å²) in [5, 5.41) is 0. The largest absolute Gasteiger partial charge is 0.469 e. The van der Waals surface area contributed by atoms with Crippen LogP contribution >= 0.6 is 7.82 Å². The molecule has 0 aromatic carbocycles. The Kier molecular flexibility index (Phi) is 31.4. The van der Waals surface area contributed by atoms with Crippen LogP contribution in [0.5, 0.6) is 0 Å². The molecule has 2 N–H and O–H groups in total. The molecule has 0 aliphatic rings. The Bertz CT molecular complexity index is 792. The molecule has 0 saturated carbocycles. The van der Waals surface area contributed by atoms with Crippen molar-refractivity contribution >= 4 is 19.8 Å². The molecular formula is C36H67O8P. The fraction of sp³-hybridized carbons (Fsp3) is 0.833. The zero-order chi connectivity index (χ0) is 33.3. The van der Waals surface area contributed by atoms with Gasteiger partial charge in [0.15, 0.2) is 6.10 Å². The molecule has 0 fully saturated rings. The lowest BCUT2D eigenvalue weighted by Crippen LogP contribution is -2.29. The summed E-state index contributed by atoms with van der Waals surface area (Å²) in [6.45, 7) is 3.63. The van der Waals surface area contributed by atoms with E-state index in [-0.39, 0.29) is 19.4 Å². The van der Waals surface area contributed by atoms with Crippen molar-refractivity contribution in [3.05, 3.63) is 24.3 Å². The molecule has 0 aromatic rings. The van der Waals surface area contributed by atoms with Crippen LogP contribution in [-0.2, 0) is 28.2 Å². The van der Waals surface area contributed by atoms with Crippen LogP contribution in [0.3, 0.4) is 0 Å². The SMILES string of the molecule is CCCCCC/C=C\C/C=C\CCCCCCCC(=O)OC(COC(=O)CCCCCCCCCCCCC)COP(=O)(O)O. The third-order valence-electron chi connectivity index (χ3n) is 7.72. The summed E-state index contributed by atoms with van der Waals surface area (Å²) in [4.78, 5) is 42.6. The number of allylic oxidation sites excluding steroid dienone is 4. The van der Waals surface area contributed by atoms with E-state index in [9.17, 15) is 14.2 Å². The molecule has 1 atom stereocenters. The van der Waals surface area contributed by atoms with Crippen LogP contribution in [0, 0.1) is 0 Å². The van der Waals surface area contributed by atoms with Gasteiger partial charge < -0.3 is 19.3 Å². The number of unbranched alkanes of at least 4 members (excludes halogenated alkanes) is 19. The van der Waals surface area contributed by atoms with E-state index in [1.807, 2.05) is 0 Å². The van der Waals surface area contributed by atoms with Gasteiger partial charge >= 0.3 is 19.8 Å². The number of carbonyl (C=O) groups excluding carboxylic acids is 2. The molecule has 0 bridgehead atoms. The van der Waals surface area contributed by atoms with E-state index in [0.29, 0.717) is 6.42 Å². The van der Waals surface area contributed by atoms with E-state index in [1.165, 1.54) is 83.5 Å². The van der Waals surface area contributed by atoms with Gasteiger partial charge in [-0.05, 0) is 44.9 Å². The van der Waals surface area contributed by atoms with Gasteiger partial charge in [0.25, 0.3) is 0 Å². The maximum Gasteiger partial charge on any atom is 0.469 e. The first-order chi connectivity index (χ1) is 21.8. The number of rotatable bonds is 33. The summed E-state index contributed by atoms with van der Waals surface area (Å²) in [6, 6.07) is 0. The Morgan fingerprint density at radius 2 is 1.00 bits per heavy atom. The number of phosphoric acid groups is 1. The molecule has 8 nitrogen and oxygen atoms in total. The van der Waals surface area contributed by atoms with E-state index >= 15 is 0 Å². The van der Waals surface area contributed by atoms with Crippen LogP contribution in [-0.4, -0.2) is 41.0 Å². The minimum absolute atomic E-state index is 0.198. The molecule has 0 aliphatic heterocycles. The van der Waals surface area contributed by atoms with Gasteiger partial charge in [-0.15, -0.1) is 0 Å². The van der Waals surface area contributed by atoms with E-state index in [2.05, 4.69) is 42.7 Å². The van der Waals surface area contributed by atoms with Gasteiger partial charge in [0.2, 0.25) is 0 Å². The lowest BCUT2D eigenvalue weighted by atomic mass is 10.1. The summed E-state index contributed by atoms with van der Waals surface area (Å²) < 4.78 is 26.2. The molecule has 9 heteroatoms. The van der Waals surface area contributed by atoms with Crippen molar-refractivity contribution in [3.63, 3.8) is 0 Å². The maximum absolute atomic E-state index is 12.3. The second kappa shape index (κ2) is 32.5. The van der Waals surface area contributed by atoms with Crippen molar-refractivity contribution in [3.8, 4) is 0 Å². The van der Waals surface area contributed by atoms with E-state index in [1.54, 1.807) is 0 Å². The van der Waals surface area contributed by atoms with Crippen molar-refractivity contribution in [1.82, 2.24) is 0 Å². The van der Waals surface area contributed by atoms with Gasteiger partial charge in [-0.2, -0.15) is 0 Å². The fourth-order valence-corrected chi connectivity index (χ4v) is 5.35. The Labute approximate surface area is 275 Å². The summed E-state index contributed by atoms with van der Waals surface area (Å²) in [5.74, 6) is -0.899. The van der Waals surface area contributed by atoms with Gasteiger partial charge in [0.05, 0.1) is 6.61 Å². The van der Waals surface area contributed by atoms with Crippen molar-refractivity contribution in [2.45, 2.75) is 180 Å². The van der Waals surface area contributed by atoms with Gasteiger partial charge in [0.1, 0.15) is 6.61 Å². The molecule has 1 unspecified atom stereocenters. The van der Waals surface area contributed by atoms with Gasteiger partial charge in [-0.1, -0.05) is 141 Å². The Morgan fingerprint density at radius 3 is 1.49 bits per heavy atom. The quantitative estimate of drug-likeness (QED) is 0.0309. The van der Waals surface area contributed by atoms with Crippen LogP contribution < -0.4 is 0 Å². The van der Waals surface area contributed by atoms with Crippen LogP contribution in [0.4, 0.5) is 0 Å². The number of hydrogen-bond acceptors (Lipinski definition) is 6. The number of carbonyl (C=O) groups is 2. The van der Waals surface area contributed by atoms with Crippen LogP contribution in [0.2, 0.25) is 0 Å². The smallest absolute Gasteiger partial charge is 0.462 e. The molecule has 0 radical (unpaired) electrons. The zero-order valence-corrected chi connectivity index (χ0v) is 29.7. The second-order valence-corrected chi connectivity index (χ2v) is 13.4. The molecule has 0 amide bonds. The highest BCUT2D eigenvalue weighted by Crippen LogP contribution is 2.36. The third kappa shape index (κ3) is 35.2. The Hall–Kier alpha value is -1.47. The molecule has 0 aromatic heterocycles. The first kappa shape index (κ1) is 43.5. The lowest BCUT2D eigenvalue weighted by Gasteiger charge is -2.18. The number of hydrogen-bond donors (Lipinski definition) is 2. The number of ether oxygens (including phenoxy) is 2. The highest BCUT2D eigenvalue weighted by Gasteiger charge is 2.22. The van der Waals surface area contributed by atoms with Crippen molar-refractivity contribution < 1.29 is 37.9 Å². The topological polar surface area (TPSA) is 119 Å². The monoisotopic (exact) mass is 658 g/mol. The zero-order valence-electron chi connectivity index (χ0n) is 28.8. The minimum Gasteiger partial charge on any atom is -0.462 e. The van der Waals surface area contributed by atoms with E-state index in [4.69, 9.17) is 19.3 Å². The predicted molar refractivity (Wildman–Crippen MR) is 184 cm³/mol. The van der Waals surface area contributed by atoms with Gasteiger partial charge in [-0.3, -0.25) is 14.1 Å². The molecular weight excluding hydrogens is 591 g/mol. The number of esters is 2. The molecule has 0 aliphatic carbocycles. The molecule has 0 saturated heterocycles. The van der Waals surface area contributed by atoms with Crippen molar-refractivity contribution in [1.29, 1.82) is 0 Å². The van der Waals surface area contributed by atoms with E-state index < -0.39 is 32.5 Å². The molecule has 0 rings (SSSR count). The van der Waals surface area contributed by atoms with Crippen molar-refractivity contribution in [2.75, 3.05) is 13.2 Å². The Morgan fingerprint density at radius 1 is 0.578 bits per heavy atom. The van der Waals surface area contributed by atoms with Gasteiger partial charge in [-0.25, -0.2) is 4.57 Å². The van der Waals surface area contributed by atoms with Gasteiger partial charge in [0, 0.05) is 12.8 Å². The van der Waals surface area contributed by atoms with Crippen molar-refractivity contribution in [2.24, 2.45) is 0 Å². The first-order valence-electron chi connectivity index (χ1n) is 18.1. The van der Waals surface area contributed by atoms with Crippen LogP contribution in [0.25, 0.3) is 0 Å². The summed E-state index contributed by atoms with van der Waals surface area (Å²) >= 11 is 0. The molecule has 0 heterocycles. The summed E-state index contributed by atoms with van der Waals surface area (Å²) in [6.07, 6.45) is 34.7. The molecule has 45 heavy (non-hydrogen) atoms. The van der Waals surface area contributed by atoms with E-state index in [0.717, 1.165) is 57.8 Å². The highest BCUT2D eigenvalue weighted by atomic mass is 31.2. The minimum atomic E-state index is -4.75. The standard InChI is InChI=1S/C36H67O8P/c1-3-5-7-9-11-13-15-16-17-18-19-21-23-25-27-29-31-36(38)44-34(33-43-45(39,40)41)32-42-35(37)30-28-26-24-22-20-14-12-10-8-6-4-2/h13,15,17-18,34H,3-12,14,16,19-33H2,1-2H3,(H2,39,40,41)/b15-13-,18-17-. The van der Waals surface area contributed by atoms with Crippen LogP contribution in [0.15, 0.2) is 24.3 Å². The predicted octanol–water partition coefficient (Wildman–Crippen LogP) is 10.5. The average Bonchev–Trinajstić information content (AvgIpc) is 3.00. The fourth-order valence-electron chi connectivity index (χ4n) is 4.99. The Balaban J connectivity index is 4.00. The molecule has 0 spiro atoms. The maximum atomic E-state index is 12.3. The normalized spacial score (nSPS) is 12.7. The highest BCUT2D eigenvalue weighted by molar-refractivity contribution is 7.46. The van der Waals surface area contributed by atoms with Crippen LogP contribution in [0.1, 0.15) is 174 Å². The summed E-state index contributed by atoms with van der Waals surface area (Å²) in [7, 11) is -4.75. The summed E-state index contributed by atoms with van der Waals surface area (Å²) in [5.41, 5.74) is 0. The lowest BCUT2D eigenvalue weighted by molar-refractivity contribution is -0.161. The third-order valence-corrected chi connectivity index (χ3v) is 8.21. The second-order valence-electron chi connectivity index (χ2n) is 12.2. The first-order valence-corrected chi connectivity index (χ1v) is 19.7. The number of phosphoric ester groups is 1. The molecule has 264 valence electrons. The average molecular weight is 659 g/mol.